The molecule has 3 N–H and O–H groups in total. The summed E-state index contributed by atoms with van der Waals surface area (Å²) in [4.78, 5) is 0.333. The summed E-state index contributed by atoms with van der Waals surface area (Å²) in [5.41, 5.74) is 8.05. The molecule has 8 heteroatoms. The van der Waals surface area contributed by atoms with Crippen molar-refractivity contribution >= 4 is 45.6 Å². The first-order valence-electron chi connectivity index (χ1n) is 9.94. The molecule has 0 heterocycles. The number of hydrogen-bond donors (Lipinski definition) is 2. The molecule has 0 radical (unpaired) electrons. The third kappa shape index (κ3) is 7.45. The SMILES string of the molecule is CN(CCNCCCc1ccc(CN)cc1)S(=O)(=O)c1ccc2ccccc2c1.Cl.Cl. The Balaban J connectivity index is 0.00000240. The summed E-state index contributed by atoms with van der Waals surface area (Å²) < 4.78 is 27.1. The monoisotopic (exact) mass is 483 g/mol. The van der Waals surface area contributed by atoms with E-state index in [0.29, 0.717) is 24.5 Å². The zero-order valence-electron chi connectivity index (χ0n) is 17.7. The molecule has 0 aliphatic rings. The molecule has 0 fully saturated rings. The number of nitrogens with one attached hydrogen (secondary N) is 1. The fraction of sp³-hybridized carbons (Fsp3) is 0.304. The highest BCUT2D eigenvalue weighted by atomic mass is 35.5. The first-order chi connectivity index (χ1) is 14.0. The van der Waals surface area contributed by atoms with Gasteiger partial charge in [-0.15, -0.1) is 24.8 Å². The van der Waals surface area contributed by atoms with Crippen LogP contribution in [0.5, 0.6) is 0 Å². The molecule has 31 heavy (non-hydrogen) atoms. The molecule has 5 nitrogen and oxygen atoms in total. The number of nitrogens with two attached hydrogens (primary N) is 1. The molecule has 0 aliphatic carbocycles. The summed E-state index contributed by atoms with van der Waals surface area (Å²) in [6.45, 7) is 2.47. The summed E-state index contributed by atoms with van der Waals surface area (Å²) in [5, 5.41) is 5.30. The van der Waals surface area contributed by atoms with Gasteiger partial charge in [-0.25, -0.2) is 8.42 Å². The first-order valence-corrected chi connectivity index (χ1v) is 11.4. The van der Waals surface area contributed by atoms with Gasteiger partial charge in [-0.1, -0.05) is 54.6 Å². The molecule has 0 atom stereocenters. The standard InChI is InChI=1S/C23H29N3O2S.2ClH/c1-26(16-15-25-14-4-5-19-8-10-20(18-24)11-9-19)29(27,28)23-13-12-21-6-2-3-7-22(21)17-23;;/h2-3,6-13,17,25H,4-5,14-16,18,24H2,1H3;2*1H. The third-order valence-corrected chi connectivity index (χ3v) is 6.96. The van der Waals surface area contributed by atoms with Crippen molar-refractivity contribution in [2.45, 2.75) is 24.3 Å². The fourth-order valence-electron chi connectivity index (χ4n) is 3.25. The molecule has 0 aromatic heterocycles. The van der Waals surface area contributed by atoms with Crippen LogP contribution in [0, 0.1) is 0 Å². The van der Waals surface area contributed by atoms with Gasteiger partial charge in [0.25, 0.3) is 0 Å². The quantitative estimate of drug-likeness (QED) is 0.427. The second kappa shape index (κ2) is 13.0. The van der Waals surface area contributed by atoms with Gasteiger partial charge < -0.3 is 11.1 Å². The molecular weight excluding hydrogens is 453 g/mol. The largest absolute Gasteiger partial charge is 0.326 e. The normalized spacial score (nSPS) is 11.2. The van der Waals surface area contributed by atoms with Crippen molar-refractivity contribution in [3.63, 3.8) is 0 Å². The van der Waals surface area contributed by atoms with Crippen LogP contribution < -0.4 is 11.1 Å². The maximum atomic E-state index is 12.8. The molecule has 0 saturated carbocycles. The zero-order valence-corrected chi connectivity index (χ0v) is 20.1. The summed E-state index contributed by atoms with van der Waals surface area (Å²) in [7, 11) is -1.86. The van der Waals surface area contributed by atoms with Gasteiger partial charge in [0.2, 0.25) is 10.0 Å². The summed E-state index contributed by atoms with van der Waals surface area (Å²) in [6.07, 6.45) is 1.99. The van der Waals surface area contributed by atoms with E-state index in [1.54, 1.807) is 19.2 Å². The van der Waals surface area contributed by atoms with E-state index in [1.165, 1.54) is 9.87 Å². The van der Waals surface area contributed by atoms with E-state index in [9.17, 15) is 8.42 Å². The lowest BCUT2D eigenvalue weighted by Crippen LogP contribution is -2.34. The number of fused-ring (bicyclic) bond motifs is 1. The van der Waals surface area contributed by atoms with Crippen LogP contribution in [0.15, 0.2) is 71.6 Å². The summed E-state index contributed by atoms with van der Waals surface area (Å²) in [5.74, 6) is 0. The lowest BCUT2D eigenvalue weighted by Gasteiger charge is -2.18. The van der Waals surface area contributed by atoms with Gasteiger partial charge in [0.05, 0.1) is 4.90 Å². The topological polar surface area (TPSA) is 75.4 Å². The highest BCUT2D eigenvalue weighted by molar-refractivity contribution is 7.89. The van der Waals surface area contributed by atoms with E-state index in [2.05, 4.69) is 29.6 Å². The second-order valence-corrected chi connectivity index (χ2v) is 9.25. The number of rotatable bonds is 10. The van der Waals surface area contributed by atoms with Crippen molar-refractivity contribution in [3.8, 4) is 0 Å². The first kappa shape index (κ1) is 27.4. The summed E-state index contributed by atoms with van der Waals surface area (Å²) >= 11 is 0. The molecule has 3 rings (SSSR count). The molecule has 3 aromatic carbocycles. The zero-order chi connectivity index (χ0) is 20.7. The minimum atomic E-state index is -3.49. The number of benzene rings is 3. The molecule has 0 unspecified atom stereocenters. The van der Waals surface area contributed by atoms with E-state index in [0.717, 1.165) is 35.7 Å². The van der Waals surface area contributed by atoms with E-state index in [1.807, 2.05) is 30.3 Å². The Kier molecular flexibility index (Phi) is 11.5. The van der Waals surface area contributed by atoms with Crippen LogP contribution in [0.4, 0.5) is 0 Å². The number of hydrogen-bond acceptors (Lipinski definition) is 4. The van der Waals surface area contributed by atoms with Crippen molar-refractivity contribution in [3.05, 3.63) is 77.9 Å². The van der Waals surface area contributed by atoms with Crippen LogP contribution in [0.25, 0.3) is 10.8 Å². The van der Waals surface area contributed by atoms with Gasteiger partial charge in [-0.2, -0.15) is 4.31 Å². The van der Waals surface area contributed by atoms with Crippen LogP contribution in [0.1, 0.15) is 17.5 Å². The second-order valence-electron chi connectivity index (χ2n) is 7.21. The third-order valence-electron chi connectivity index (χ3n) is 5.11. The van der Waals surface area contributed by atoms with Crippen molar-refractivity contribution in [1.29, 1.82) is 0 Å². The highest BCUT2D eigenvalue weighted by Crippen LogP contribution is 2.21. The van der Waals surface area contributed by atoms with E-state index in [-0.39, 0.29) is 24.8 Å². The van der Waals surface area contributed by atoms with Gasteiger partial charge in [0.15, 0.2) is 0 Å². The predicted octanol–water partition coefficient (Wildman–Crippen LogP) is 3.99. The van der Waals surface area contributed by atoms with Gasteiger partial charge in [-0.3, -0.25) is 0 Å². The van der Waals surface area contributed by atoms with Gasteiger partial charge >= 0.3 is 0 Å². The van der Waals surface area contributed by atoms with Crippen molar-refractivity contribution in [2.24, 2.45) is 5.73 Å². The molecule has 3 aromatic rings. The Morgan fingerprint density at radius 1 is 0.871 bits per heavy atom. The number of sulfonamides is 1. The maximum absolute atomic E-state index is 12.8. The number of halogens is 2. The predicted molar refractivity (Wildman–Crippen MR) is 134 cm³/mol. The Hall–Kier alpha value is -1.67. The molecule has 170 valence electrons. The molecule has 0 amide bonds. The maximum Gasteiger partial charge on any atom is 0.242 e. The van der Waals surface area contributed by atoms with Crippen LogP contribution in [0.3, 0.4) is 0 Å². The van der Waals surface area contributed by atoms with Crippen molar-refractivity contribution in [1.82, 2.24) is 9.62 Å². The van der Waals surface area contributed by atoms with Crippen LogP contribution in [-0.4, -0.2) is 39.4 Å². The molecule has 0 aliphatic heterocycles. The molecule has 0 spiro atoms. The molecular formula is C23H31Cl2N3O2S. The van der Waals surface area contributed by atoms with Gasteiger partial charge in [0, 0.05) is 26.7 Å². The molecule has 0 bridgehead atoms. The summed E-state index contributed by atoms with van der Waals surface area (Å²) in [6, 6.07) is 21.4. The Morgan fingerprint density at radius 2 is 1.52 bits per heavy atom. The van der Waals surface area contributed by atoms with E-state index < -0.39 is 10.0 Å². The lowest BCUT2D eigenvalue weighted by atomic mass is 10.1. The Morgan fingerprint density at radius 3 is 2.19 bits per heavy atom. The minimum absolute atomic E-state index is 0. The van der Waals surface area contributed by atoms with Gasteiger partial charge in [0.1, 0.15) is 0 Å². The van der Waals surface area contributed by atoms with Crippen LogP contribution in [-0.2, 0) is 23.0 Å². The van der Waals surface area contributed by atoms with E-state index in [4.69, 9.17) is 5.73 Å². The highest BCUT2D eigenvalue weighted by Gasteiger charge is 2.20. The average Bonchev–Trinajstić information content (AvgIpc) is 2.76. The fourth-order valence-corrected chi connectivity index (χ4v) is 4.46. The van der Waals surface area contributed by atoms with Crippen LogP contribution >= 0.6 is 24.8 Å². The van der Waals surface area contributed by atoms with Gasteiger partial charge in [-0.05, 0) is 53.4 Å². The lowest BCUT2D eigenvalue weighted by molar-refractivity contribution is 0.457. The Bertz CT molecular complexity index is 1040. The van der Waals surface area contributed by atoms with Crippen molar-refractivity contribution in [2.75, 3.05) is 26.7 Å². The minimum Gasteiger partial charge on any atom is -0.326 e. The Labute approximate surface area is 197 Å². The molecule has 0 saturated heterocycles. The van der Waals surface area contributed by atoms with Crippen LogP contribution in [0.2, 0.25) is 0 Å². The van der Waals surface area contributed by atoms with E-state index >= 15 is 0 Å². The van der Waals surface area contributed by atoms with Crippen molar-refractivity contribution < 1.29 is 8.42 Å². The number of aryl methyl sites for hydroxylation is 1. The number of nitrogens with zero attached hydrogens (tertiary/aromatic N) is 1. The number of likely N-dealkylation sites (N-methyl/N-ethyl adjacent to an activating group) is 1. The average molecular weight is 484 g/mol. The smallest absolute Gasteiger partial charge is 0.242 e.